The molecule has 1 heterocycles. The minimum absolute atomic E-state index is 0.0855. The first-order valence-electron chi connectivity index (χ1n) is 7.35. The van der Waals surface area contributed by atoms with Gasteiger partial charge < -0.3 is 24.2 Å². The number of nitrogens with zero attached hydrogens (tertiary/aromatic N) is 1. The maximum Gasteiger partial charge on any atom is 0.410 e. The number of phenols is 1. The monoisotopic (exact) mass is 309 g/mol. The maximum absolute atomic E-state index is 12.1. The fourth-order valence-electron chi connectivity index (χ4n) is 2.07. The van der Waals surface area contributed by atoms with Crippen LogP contribution in [0.4, 0.5) is 4.79 Å². The van der Waals surface area contributed by atoms with Crippen LogP contribution in [0.1, 0.15) is 20.8 Å². The average Bonchev–Trinajstić information content (AvgIpc) is 2.45. The molecule has 1 aliphatic heterocycles. The van der Waals surface area contributed by atoms with Gasteiger partial charge in [-0.25, -0.2) is 4.79 Å². The molecule has 1 N–H and O–H groups in total. The topological polar surface area (TPSA) is 68.2 Å². The van der Waals surface area contributed by atoms with Crippen LogP contribution in [0.3, 0.4) is 0 Å². The van der Waals surface area contributed by atoms with E-state index in [0.29, 0.717) is 25.4 Å². The van der Waals surface area contributed by atoms with Crippen molar-refractivity contribution in [3.63, 3.8) is 0 Å². The molecule has 0 aromatic heterocycles. The Balaban J connectivity index is 1.86. The normalized spacial score (nSPS) is 18.9. The molecule has 1 amide bonds. The van der Waals surface area contributed by atoms with Crippen molar-refractivity contribution in [3.05, 3.63) is 24.3 Å². The van der Waals surface area contributed by atoms with Crippen molar-refractivity contribution >= 4 is 6.09 Å². The van der Waals surface area contributed by atoms with Crippen LogP contribution < -0.4 is 4.74 Å². The highest BCUT2D eigenvalue weighted by atomic mass is 16.6. The number of benzene rings is 1. The van der Waals surface area contributed by atoms with E-state index in [9.17, 15) is 9.90 Å². The number of hydrogen-bond donors (Lipinski definition) is 1. The molecule has 2 rings (SSSR count). The molecule has 22 heavy (non-hydrogen) atoms. The second kappa shape index (κ2) is 6.87. The number of phenolic OH excluding ortho intramolecular Hbond substituents is 1. The minimum atomic E-state index is -0.517. The zero-order valence-electron chi connectivity index (χ0n) is 13.2. The third kappa shape index (κ3) is 4.80. The van der Waals surface area contributed by atoms with Crippen LogP contribution >= 0.6 is 0 Å². The van der Waals surface area contributed by atoms with Crippen LogP contribution in [-0.4, -0.2) is 54.1 Å². The molecule has 0 aliphatic carbocycles. The molecule has 1 aromatic carbocycles. The molecule has 1 aliphatic rings. The van der Waals surface area contributed by atoms with Crippen LogP contribution in [0.5, 0.6) is 11.5 Å². The van der Waals surface area contributed by atoms with Gasteiger partial charge in [0.1, 0.15) is 18.3 Å². The molecule has 122 valence electrons. The highest BCUT2D eigenvalue weighted by molar-refractivity contribution is 5.68. The Morgan fingerprint density at radius 1 is 1.41 bits per heavy atom. The molecule has 1 aromatic rings. The largest absolute Gasteiger partial charge is 0.504 e. The number of carbonyl (C=O) groups is 1. The highest BCUT2D eigenvalue weighted by Gasteiger charge is 2.28. The summed E-state index contributed by atoms with van der Waals surface area (Å²) >= 11 is 0. The molecule has 1 fully saturated rings. The van der Waals surface area contributed by atoms with E-state index in [0.717, 1.165) is 0 Å². The Labute approximate surface area is 130 Å². The number of para-hydroxylation sites is 2. The number of morpholine rings is 1. The summed E-state index contributed by atoms with van der Waals surface area (Å²) in [7, 11) is 0. The first-order chi connectivity index (χ1) is 10.3. The van der Waals surface area contributed by atoms with Gasteiger partial charge in [-0.3, -0.25) is 0 Å². The summed E-state index contributed by atoms with van der Waals surface area (Å²) in [4.78, 5) is 13.7. The lowest BCUT2D eigenvalue weighted by atomic mass is 10.2. The van der Waals surface area contributed by atoms with E-state index in [1.54, 1.807) is 29.2 Å². The molecule has 1 saturated heterocycles. The van der Waals surface area contributed by atoms with Gasteiger partial charge in [-0.1, -0.05) is 12.1 Å². The van der Waals surface area contributed by atoms with Crippen LogP contribution in [-0.2, 0) is 9.47 Å². The molecule has 1 atom stereocenters. The molecule has 0 saturated carbocycles. The maximum atomic E-state index is 12.1. The van der Waals surface area contributed by atoms with E-state index < -0.39 is 5.60 Å². The Kier molecular flexibility index (Phi) is 5.13. The number of aromatic hydroxyl groups is 1. The van der Waals surface area contributed by atoms with Gasteiger partial charge in [-0.15, -0.1) is 0 Å². The standard InChI is InChI=1S/C16H23NO5/c1-16(2,3)22-15(19)17-8-9-20-12(10-17)11-21-14-7-5-4-6-13(14)18/h4-7,12,18H,8-11H2,1-3H3/t12-/m0/s1. The van der Waals surface area contributed by atoms with Crippen molar-refractivity contribution in [1.82, 2.24) is 4.90 Å². The second-order valence-corrected chi connectivity index (χ2v) is 6.20. The minimum Gasteiger partial charge on any atom is -0.504 e. The van der Waals surface area contributed by atoms with Crippen molar-refractivity contribution in [1.29, 1.82) is 0 Å². The van der Waals surface area contributed by atoms with E-state index in [4.69, 9.17) is 14.2 Å². The number of carbonyl (C=O) groups excluding carboxylic acids is 1. The fraction of sp³-hybridized carbons (Fsp3) is 0.562. The van der Waals surface area contributed by atoms with Gasteiger partial charge >= 0.3 is 6.09 Å². The number of rotatable bonds is 3. The van der Waals surface area contributed by atoms with E-state index in [1.807, 2.05) is 20.8 Å². The molecule has 0 bridgehead atoms. The van der Waals surface area contributed by atoms with Gasteiger partial charge in [-0.05, 0) is 32.9 Å². The summed E-state index contributed by atoms with van der Waals surface area (Å²) in [6.45, 7) is 7.12. The van der Waals surface area contributed by atoms with Crippen molar-refractivity contribution < 1.29 is 24.1 Å². The Morgan fingerprint density at radius 2 is 2.14 bits per heavy atom. The molecule has 0 radical (unpaired) electrons. The average molecular weight is 309 g/mol. The highest BCUT2D eigenvalue weighted by Crippen LogP contribution is 2.24. The third-order valence-electron chi connectivity index (χ3n) is 3.08. The summed E-state index contributed by atoms with van der Waals surface area (Å²) in [5.74, 6) is 0.489. The lowest BCUT2D eigenvalue weighted by molar-refractivity contribution is -0.0559. The Morgan fingerprint density at radius 3 is 2.82 bits per heavy atom. The summed E-state index contributed by atoms with van der Waals surface area (Å²) in [5, 5.41) is 9.66. The molecule has 6 heteroatoms. The van der Waals surface area contributed by atoms with Gasteiger partial charge in [0.05, 0.1) is 13.2 Å². The van der Waals surface area contributed by atoms with E-state index in [1.165, 1.54) is 0 Å². The van der Waals surface area contributed by atoms with Gasteiger partial charge in [0, 0.05) is 6.54 Å². The summed E-state index contributed by atoms with van der Waals surface area (Å²) < 4.78 is 16.5. The van der Waals surface area contributed by atoms with Crippen LogP contribution in [0.2, 0.25) is 0 Å². The summed E-state index contributed by atoms with van der Waals surface area (Å²) in [6, 6.07) is 6.75. The van der Waals surface area contributed by atoms with Gasteiger partial charge in [-0.2, -0.15) is 0 Å². The van der Waals surface area contributed by atoms with E-state index in [-0.39, 0.29) is 24.6 Å². The van der Waals surface area contributed by atoms with Crippen LogP contribution in [0, 0.1) is 0 Å². The molecule has 0 unspecified atom stereocenters. The number of amides is 1. The lowest BCUT2D eigenvalue weighted by Gasteiger charge is -2.34. The summed E-state index contributed by atoms with van der Waals surface area (Å²) in [6.07, 6.45) is -0.593. The van der Waals surface area contributed by atoms with E-state index in [2.05, 4.69) is 0 Å². The van der Waals surface area contributed by atoms with Crippen molar-refractivity contribution in [2.24, 2.45) is 0 Å². The van der Waals surface area contributed by atoms with Gasteiger partial charge in [0.15, 0.2) is 11.5 Å². The Hall–Kier alpha value is -1.95. The molecule has 0 spiro atoms. The zero-order chi connectivity index (χ0) is 16.2. The van der Waals surface area contributed by atoms with E-state index >= 15 is 0 Å². The third-order valence-corrected chi connectivity index (χ3v) is 3.08. The predicted octanol–water partition coefficient (Wildman–Crippen LogP) is 2.41. The fourth-order valence-corrected chi connectivity index (χ4v) is 2.07. The van der Waals surface area contributed by atoms with Gasteiger partial charge in [0.25, 0.3) is 0 Å². The predicted molar refractivity (Wildman–Crippen MR) is 81.1 cm³/mol. The number of ether oxygens (including phenoxy) is 3. The number of hydrogen-bond acceptors (Lipinski definition) is 5. The Bertz CT molecular complexity index is 512. The SMILES string of the molecule is CC(C)(C)OC(=O)N1CCO[C@H](COc2ccccc2O)C1. The first kappa shape index (κ1) is 16.4. The molecular formula is C16H23NO5. The zero-order valence-corrected chi connectivity index (χ0v) is 13.2. The molecule has 6 nitrogen and oxygen atoms in total. The molecular weight excluding hydrogens is 286 g/mol. The first-order valence-corrected chi connectivity index (χ1v) is 7.35. The second-order valence-electron chi connectivity index (χ2n) is 6.20. The van der Waals surface area contributed by atoms with Crippen LogP contribution in [0.15, 0.2) is 24.3 Å². The quantitative estimate of drug-likeness (QED) is 0.928. The van der Waals surface area contributed by atoms with Crippen molar-refractivity contribution in [3.8, 4) is 11.5 Å². The lowest BCUT2D eigenvalue weighted by Crippen LogP contribution is -2.49. The van der Waals surface area contributed by atoms with Crippen molar-refractivity contribution in [2.75, 3.05) is 26.3 Å². The summed E-state index contributed by atoms with van der Waals surface area (Å²) in [5.41, 5.74) is -0.517. The smallest absolute Gasteiger partial charge is 0.410 e. The van der Waals surface area contributed by atoms with Gasteiger partial charge in [0.2, 0.25) is 0 Å². The van der Waals surface area contributed by atoms with Crippen LogP contribution in [0.25, 0.3) is 0 Å². The van der Waals surface area contributed by atoms with Crippen molar-refractivity contribution in [2.45, 2.75) is 32.5 Å².